The Morgan fingerprint density at radius 1 is 1.52 bits per heavy atom. The second-order valence-corrected chi connectivity index (χ2v) is 5.80. The first kappa shape index (κ1) is 15.2. The number of amides is 1. The molecular weight excluding hydrogens is 274 g/mol. The number of nitro groups is 1. The van der Waals surface area contributed by atoms with Gasteiger partial charge in [0, 0.05) is 24.3 Å². The molecular formula is C14H19N3O4. The lowest BCUT2D eigenvalue weighted by Gasteiger charge is -2.35. The summed E-state index contributed by atoms with van der Waals surface area (Å²) in [7, 11) is 0. The zero-order valence-electron chi connectivity index (χ0n) is 12.1. The first-order valence-electron chi connectivity index (χ1n) is 6.77. The van der Waals surface area contributed by atoms with E-state index in [4.69, 9.17) is 10.5 Å². The summed E-state index contributed by atoms with van der Waals surface area (Å²) in [6.07, 6.45) is 1.43. The van der Waals surface area contributed by atoms with E-state index in [1.165, 1.54) is 18.2 Å². The van der Waals surface area contributed by atoms with Crippen LogP contribution < -0.4 is 11.1 Å². The molecule has 0 spiro atoms. The highest BCUT2D eigenvalue weighted by Crippen LogP contribution is 2.25. The van der Waals surface area contributed by atoms with Crippen LogP contribution >= 0.6 is 0 Å². The summed E-state index contributed by atoms with van der Waals surface area (Å²) in [5, 5.41) is 13.7. The summed E-state index contributed by atoms with van der Waals surface area (Å²) >= 11 is 0. The first-order valence-corrected chi connectivity index (χ1v) is 6.77. The Morgan fingerprint density at radius 3 is 2.86 bits per heavy atom. The molecule has 1 aliphatic heterocycles. The van der Waals surface area contributed by atoms with E-state index in [0.29, 0.717) is 13.0 Å². The maximum atomic E-state index is 12.2. The van der Waals surface area contributed by atoms with Crippen molar-refractivity contribution < 1.29 is 14.5 Å². The van der Waals surface area contributed by atoms with E-state index in [9.17, 15) is 14.9 Å². The van der Waals surface area contributed by atoms with E-state index in [2.05, 4.69) is 5.32 Å². The largest absolute Gasteiger partial charge is 0.393 e. The van der Waals surface area contributed by atoms with Crippen molar-refractivity contribution in [3.63, 3.8) is 0 Å². The Labute approximate surface area is 122 Å². The SMILES string of the molecule is CC1(C)CC(NC(=O)c2ccc(N)c([N+](=O)[O-])c2)CCO1. The van der Waals surface area contributed by atoms with Crippen LogP contribution in [0.25, 0.3) is 0 Å². The summed E-state index contributed by atoms with van der Waals surface area (Å²) in [4.78, 5) is 22.5. The molecule has 0 radical (unpaired) electrons. The average molecular weight is 293 g/mol. The molecule has 21 heavy (non-hydrogen) atoms. The van der Waals surface area contributed by atoms with Crippen molar-refractivity contribution in [3.8, 4) is 0 Å². The van der Waals surface area contributed by atoms with Crippen LogP contribution in [0.5, 0.6) is 0 Å². The molecule has 0 bridgehead atoms. The lowest BCUT2D eigenvalue weighted by molar-refractivity contribution is -0.383. The number of anilines is 1. The van der Waals surface area contributed by atoms with Gasteiger partial charge >= 0.3 is 0 Å². The number of nitrogens with zero attached hydrogens (tertiary/aromatic N) is 1. The van der Waals surface area contributed by atoms with Gasteiger partial charge in [-0.25, -0.2) is 0 Å². The molecule has 0 aliphatic carbocycles. The van der Waals surface area contributed by atoms with Crippen molar-refractivity contribution in [2.24, 2.45) is 0 Å². The van der Waals surface area contributed by atoms with E-state index in [1.807, 2.05) is 13.8 Å². The second kappa shape index (κ2) is 5.69. The van der Waals surface area contributed by atoms with Gasteiger partial charge < -0.3 is 15.8 Å². The molecule has 1 heterocycles. The van der Waals surface area contributed by atoms with Gasteiger partial charge in [0.15, 0.2) is 0 Å². The molecule has 1 amide bonds. The Hall–Kier alpha value is -2.15. The highest BCUT2D eigenvalue weighted by molar-refractivity contribution is 5.95. The maximum Gasteiger partial charge on any atom is 0.292 e. The smallest absolute Gasteiger partial charge is 0.292 e. The van der Waals surface area contributed by atoms with Gasteiger partial charge in [0.25, 0.3) is 11.6 Å². The molecule has 1 unspecified atom stereocenters. The van der Waals surface area contributed by atoms with Gasteiger partial charge in [-0.05, 0) is 38.8 Å². The Morgan fingerprint density at radius 2 is 2.24 bits per heavy atom. The molecule has 1 aromatic rings. The minimum Gasteiger partial charge on any atom is -0.393 e. The topological polar surface area (TPSA) is 107 Å². The molecule has 3 N–H and O–H groups in total. The van der Waals surface area contributed by atoms with Gasteiger partial charge in [0.2, 0.25) is 0 Å². The van der Waals surface area contributed by atoms with E-state index in [-0.39, 0.29) is 34.5 Å². The van der Waals surface area contributed by atoms with Crippen molar-refractivity contribution in [3.05, 3.63) is 33.9 Å². The lowest BCUT2D eigenvalue weighted by atomic mass is 9.93. The summed E-state index contributed by atoms with van der Waals surface area (Å²) in [6.45, 7) is 4.53. The maximum absolute atomic E-state index is 12.2. The van der Waals surface area contributed by atoms with Gasteiger partial charge in [-0.15, -0.1) is 0 Å². The summed E-state index contributed by atoms with van der Waals surface area (Å²) < 4.78 is 5.59. The normalized spacial score (nSPS) is 20.8. The summed E-state index contributed by atoms with van der Waals surface area (Å²) in [6, 6.07) is 4.07. The number of carbonyl (C=O) groups is 1. The number of nitrogens with one attached hydrogen (secondary N) is 1. The van der Waals surface area contributed by atoms with E-state index in [1.54, 1.807) is 0 Å². The molecule has 1 atom stereocenters. The number of nitro benzene ring substituents is 1. The monoisotopic (exact) mass is 293 g/mol. The van der Waals surface area contributed by atoms with E-state index >= 15 is 0 Å². The van der Waals surface area contributed by atoms with Gasteiger partial charge in [-0.3, -0.25) is 14.9 Å². The molecule has 7 nitrogen and oxygen atoms in total. The zero-order chi connectivity index (χ0) is 15.6. The number of ether oxygens (including phenoxy) is 1. The predicted octanol–water partition coefficient (Wildman–Crippen LogP) is 1.86. The van der Waals surface area contributed by atoms with Crippen LogP contribution in [-0.2, 0) is 4.74 Å². The third-order valence-corrected chi connectivity index (χ3v) is 3.52. The van der Waals surface area contributed by atoms with E-state index < -0.39 is 4.92 Å². The van der Waals surface area contributed by atoms with Crippen LogP contribution in [0.4, 0.5) is 11.4 Å². The zero-order valence-corrected chi connectivity index (χ0v) is 12.1. The van der Waals surface area contributed by atoms with Gasteiger partial charge in [0.05, 0.1) is 10.5 Å². The third-order valence-electron chi connectivity index (χ3n) is 3.52. The minimum atomic E-state index is -0.594. The second-order valence-electron chi connectivity index (χ2n) is 5.80. The van der Waals surface area contributed by atoms with Crippen LogP contribution in [0, 0.1) is 10.1 Å². The highest BCUT2D eigenvalue weighted by Gasteiger charge is 2.30. The molecule has 1 aromatic carbocycles. The van der Waals surface area contributed by atoms with Crippen molar-refractivity contribution in [1.82, 2.24) is 5.32 Å². The fourth-order valence-corrected chi connectivity index (χ4v) is 2.47. The molecule has 2 rings (SSSR count). The van der Waals surface area contributed by atoms with E-state index in [0.717, 1.165) is 6.42 Å². The van der Waals surface area contributed by atoms with Crippen LogP contribution in [0.1, 0.15) is 37.0 Å². The Bertz CT molecular complexity index is 571. The fourth-order valence-electron chi connectivity index (χ4n) is 2.47. The Kier molecular flexibility index (Phi) is 4.13. The van der Waals surface area contributed by atoms with Crippen molar-refractivity contribution in [1.29, 1.82) is 0 Å². The molecule has 0 saturated carbocycles. The minimum absolute atomic E-state index is 0.00198. The molecule has 0 aromatic heterocycles. The number of carbonyl (C=O) groups excluding carboxylic acids is 1. The number of rotatable bonds is 3. The summed E-state index contributed by atoms with van der Waals surface area (Å²) in [5.74, 6) is -0.333. The van der Waals surface area contributed by atoms with Crippen molar-refractivity contribution in [2.45, 2.75) is 38.3 Å². The number of nitrogen functional groups attached to an aromatic ring is 1. The van der Waals surface area contributed by atoms with Crippen LogP contribution in [-0.4, -0.2) is 29.1 Å². The van der Waals surface area contributed by atoms with Gasteiger partial charge in [-0.2, -0.15) is 0 Å². The highest BCUT2D eigenvalue weighted by atomic mass is 16.6. The number of hydrogen-bond donors (Lipinski definition) is 2. The van der Waals surface area contributed by atoms with Crippen LogP contribution in [0.15, 0.2) is 18.2 Å². The van der Waals surface area contributed by atoms with Crippen LogP contribution in [0.3, 0.4) is 0 Å². The van der Waals surface area contributed by atoms with Crippen molar-refractivity contribution >= 4 is 17.3 Å². The fraction of sp³-hybridized carbons (Fsp3) is 0.500. The molecule has 1 fully saturated rings. The lowest BCUT2D eigenvalue weighted by Crippen LogP contribution is -2.45. The first-order chi connectivity index (χ1) is 9.78. The standard InChI is InChI=1S/C14H19N3O4/c1-14(2)8-10(5-6-21-14)16-13(18)9-3-4-11(15)12(7-9)17(19)20/h3-4,7,10H,5-6,8,15H2,1-2H3,(H,16,18). The predicted molar refractivity (Wildman–Crippen MR) is 78.0 cm³/mol. The Balaban J connectivity index is 2.10. The van der Waals surface area contributed by atoms with Gasteiger partial charge in [0.1, 0.15) is 5.69 Å². The number of hydrogen-bond acceptors (Lipinski definition) is 5. The molecule has 1 aliphatic rings. The quantitative estimate of drug-likeness (QED) is 0.502. The van der Waals surface area contributed by atoms with Gasteiger partial charge in [-0.1, -0.05) is 0 Å². The molecule has 7 heteroatoms. The third kappa shape index (κ3) is 3.69. The average Bonchev–Trinajstić information content (AvgIpc) is 2.37. The number of benzene rings is 1. The molecule has 1 saturated heterocycles. The number of nitrogens with two attached hydrogens (primary N) is 1. The van der Waals surface area contributed by atoms with Crippen molar-refractivity contribution in [2.75, 3.05) is 12.3 Å². The summed E-state index contributed by atoms with van der Waals surface area (Å²) in [5.41, 5.74) is 5.27. The molecule has 114 valence electrons. The van der Waals surface area contributed by atoms with Crippen LogP contribution in [0.2, 0.25) is 0 Å².